The van der Waals surface area contributed by atoms with E-state index < -0.39 is 0 Å². The van der Waals surface area contributed by atoms with E-state index in [2.05, 4.69) is 0 Å². The van der Waals surface area contributed by atoms with Gasteiger partial charge in [0.05, 0.1) is 0 Å². The van der Waals surface area contributed by atoms with Crippen LogP contribution in [0.1, 0.15) is 0 Å². The van der Waals surface area contributed by atoms with Crippen molar-refractivity contribution in [1.82, 2.24) is 0 Å². The summed E-state index contributed by atoms with van der Waals surface area (Å²) in [6.45, 7) is 0. The third-order valence-electron chi connectivity index (χ3n) is 0. The fourth-order valence-corrected chi connectivity index (χ4v) is 0. The first-order valence-corrected chi connectivity index (χ1v) is 0. The molecule has 0 saturated heterocycles. The van der Waals surface area contributed by atoms with Gasteiger partial charge in [0.1, 0.15) is 0 Å². The molecule has 0 heterocycles. The summed E-state index contributed by atoms with van der Waals surface area (Å²) in [5, 5.41) is 0. The third-order valence-corrected chi connectivity index (χ3v) is 0. The van der Waals surface area contributed by atoms with Crippen LogP contribution in [0.3, 0.4) is 0 Å². The summed E-state index contributed by atoms with van der Waals surface area (Å²) in [7, 11) is 0. The Morgan fingerprint density at radius 2 is 1.00 bits per heavy atom. The maximum Gasteiger partial charge on any atom is 2.00 e. The van der Waals surface area contributed by atoms with Crippen molar-refractivity contribution >= 4 is 68.3 Å². The first-order chi connectivity index (χ1) is 0. The summed E-state index contributed by atoms with van der Waals surface area (Å²) in [6.07, 6.45) is 0. The van der Waals surface area contributed by atoms with Gasteiger partial charge in [-0.25, -0.2) is 0 Å². The average molecular weight is 245 g/mol. The Balaban J connectivity index is 0. The first kappa shape index (κ1) is 31.7. The van der Waals surface area contributed by atoms with E-state index in [1.807, 2.05) is 0 Å². The molecule has 0 aromatic rings. The molecule has 0 atom stereocenters. The van der Waals surface area contributed by atoms with E-state index in [0.29, 0.717) is 0 Å². The molecule has 0 spiro atoms. The summed E-state index contributed by atoms with van der Waals surface area (Å²) in [4.78, 5) is 0. The van der Waals surface area contributed by atoms with Gasteiger partial charge in [-0.3, -0.25) is 0 Å². The zero-order chi connectivity index (χ0) is 0. The molecule has 14 valence electrons. The summed E-state index contributed by atoms with van der Waals surface area (Å²) < 4.78 is 0. The van der Waals surface area contributed by atoms with Gasteiger partial charge >= 0.3 is 48.9 Å². The minimum atomic E-state index is 0. The molecule has 0 aromatic carbocycles. The molecule has 0 aliphatic carbocycles. The van der Waals surface area contributed by atoms with Gasteiger partial charge in [0.25, 0.3) is 0 Å². The van der Waals surface area contributed by atoms with Crippen molar-refractivity contribution in [2.24, 2.45) is 0 Å². The predicted octanol–water partition coefficient (Wildman–Crippen LogP) is -1.95. The minimum absolute atomic E-state index is 0. The second kappa shape index (κ2) is 17.9. The van der Waals surface area contributed by atoms with Crippen molar-refractivity contribution in [3.63, 3.8) is 0 Å². The van der Waals surface area contributed by atoms with Gasteiger partial charge in [0.2, 0.25) is 0 Å². The van der Waals surface area contributed by atoms with Crippen LogP contribution in [0.5, 0.6) is 0 Å². The van der Waals surface area contributed by atoms with E-state index in [4.69, 9.17) is 0 Å². The normalized spacial score (nSPS) is 0. The molecule has 0 unspecified atom stereocenters. The Bertz CT molecular complexity index is 8.00. The van der Waals surface area contributed by atoms with Crippen LogP contribution < -0.4 is 0 Å². The van der Waals surface area contributed by atoms with Gasteiger partial charge in [0.15, 0.2) is 0 Å². The fourth-order valence-electron chi connectivity index (χ4n) is 0. The van der Waals surface area contributed by atoms with Gasteiger partial charge in [-0.2, -0.15) is 0 Å². The van der Waals surface area contributed by atoms with E-state index in [1.54, 1.807) is 0 Å². The third kappa shape index (κ3) is 8.82. The number of rotatable bonds is 0. The molecule has 0 nitrogen and oxygen atoms in total. The molecule has 4 radical (unpaired) electrons. The average Bonchev–Trinajstić information content (AvgIpc) is 0. The topological polar surface area (TPSA) is 0 Å². The van der Waals surface area contributed by atoms with Crippen molar-refractivity contribution < 1.29 is 19.5 Å². The molecule has 0 saturated carbocycles. The molecular formula is H3BBaSiZn. The molecule has 0 fully saturated rings. The van der Waals surface area contributed by atoms with Crippen LogP contribution in [0.4, 0.5) is 0 Å². The van der Waals surface area contributed by atoms with Gasteiger partial charge in [-0.05, 0) is 0 Å². The van der Waals surface area contributed by atoms with E-state index >= 15 is 0 Å². The summed E-state index contributed by atoms with van der Waals surface area (Å²) in [5.41, 5.74) is 0. The van der Waals surface area contributed by atoms with Crippen LogP contribution in [-0.2, 0) is 19.5 Å². The molecule has 0 aliphatic rings. The van der Waals surface area contributed by atoms with Crippen molar-refractivity contribution in [2.45, 2.75) is 0 Å². The Hall–Kier alpha value is 2.48. The van der Waals surface area contributed by atoms with Gasteiger partial charge < -0.3 is 19.4 Å². The van der Waals surface area contributed by atoms with Crippen LogP contribution in [0.2, 0.25) is 0 Å². The minimum Gasteiger partial charge on any atom is -1.00 e. The molecule has 0 aliphatic heterocycles. The quantitative estimate of drug-likeness (QED) is 0.435. The first-order valence-electron chi connectivity index (χ1n) is 0. The molecule has 0 rings (SSSR count). The smallest absolute Gasteiger partial charge is 1.00 e. The second-order valence-electron chi connectivity index (χ2n) is 0. The van der Waals surface area contributed by atoms with E-state index in [0.717, 1.165) is 0 Å². The fraction of sp³-hybridized carbons (Fsp3) is 0. The summed E-state index contributed by atoms with van der Waals surface area (Å²) in [5.74, 6) is 0. The summed E-state index contributed by atoms with van der Waals surface area (Å²) in [6, 6.07) is 0. The molecule has 0 amide bonds. The maximum atomic E-state index is 0. The van der Waals surface area contributed by atoms with Crippen LogP contribution in [0, 0.1) is 0 Å². The predicted molar refractivity (Wildman–Crippen MR) is 21.4 cm³/mol. The second-order valence-corrected chi connectivity index (χ2v) is 0. The van der Waals surface area contributed by atoms with Crippen molar-refractivity contribution in [2.75, 3.05) is 0 Å². The van der Waals surface area contributed by atoms with Crippen molar-refractivity contribution in [1.29, 1.82) is 0 Å². The zero-order valence-corrected chi connectivity index (χ0v) is 12.4. The molecule has 4 heavy (non-hydrogen) atoms. The number of hydrogen-bond donors (Lipinski definition) is 0. The standard InChI is InChI=1S/B.Ba.H3Si.Zn/h;;1H3;/q-1;+2;-1;. The van der Waals surface area contributed by atoms with E-state index in [-0.39, 0.29) is 87.7 Å². The summed E-state index contributed by atoms with van der Waals surface area (Å²) >= 11 is 0. The van der Waals surface area contributed by atoms with Crippen LogP contribution in [0.25, 0.3) is 0 Å². The van der Waals surface area contributed by atoms with Gasteiger partial charge in [-0.1, -0.05) is 0 Å². The largest absolute Gasteiger partial charge is 2.00 e. The van der Waals surface area contributed by atoms with Gasteiger partial charge in [-0.15, -0.1) is 0 Å². The van der Waals surface area contributed by atoms with Crippen LogP contribution in [-0.4, -0.2) is 68.3 Å². The zero-order valence-electron chi connectivity index (χ0n) is 2.99. The molecule has 0 N–H and O–H groups in total. The Kier molecular flexibility index (Phi) is 142. The van der Waals surface area contributed by atoms with Crippen LogP contribution in [0.15, 0.2) is 0 Å². The van der Waals surface area contributed by atoms with Crippen molar-refractivity contribution in [3.8, 4) is 0 Å². The molecule has 0 aromatic heterocycles. The van der Waals surface area contributed by atoms with Gasteiger partial charge in [0, 0.05) is 19.5 Å². The monoisotopic (exact) mass is 244 g/mol. The van der Waals surface area contributed by atoms with E-state index in [1.165, 1.54) is 0 Å². The van der Waals surface area contributed by atoms with Crippen molar-refractivity contribution in [3.05, 3.63) is 0 Å². The van der Waals surface area contributed by atoms with E-state index in [9.17, 15) is 0 Å². The SMILES string of the molecule is [B-].[Ba+2].[SiH3-].[Zn]. The molecule has 4 heteroatoms. The Morgan fingerprint density at radius 3 is 1.00 bits per heavy atom. The maximum absolute atomic E-state index is 0. The molecular weight excluding hydrogens is 242 g/mol. The number of hydrogen-bond acceptors (Lipinski definition) is 0. The Morgan fingerprint density at radius 1 is 1.00 bits per heavy atom. The molecule has 0 bridgehead atoms. The van der Waals surface area contributed by atoms with Crippen LogP contribution >= 0.6 is 0 Å². The Labute approximate surface area is 85.9 Å².